The fourth-order valence-corrected chi connectivity index (χ4v) is 1.86. The summed E-state index contributed by atoms with van der Waals surface area (Å²) in [7, 11) is 0. The van der Waals surface area contributed by atoms with Crippen molar-refractivity contribution in [1.29, 1.82) is 10.5 Å². The molecule has 2 aromatic rings. The van der Waals surface area contributed by atoms with Crippen molar-refractivity contribution in [2.45, 2.75) is 13.5 Å². The Morgan fingerprint density at radius 2 is 1.84 bits per heavy atom. The summed E-state index contributed by atoms with van der Waals surface area (Å²) in [6, 6.07) is 17.3. The third kappa shape index (κ3) is 2.91. The average Bonchev–Trinajstić information content (AvgIpc) is 2.46. The molecule has 0 aliphatic rings. The minimum Gasteiger partial charge on any atom is -0.381 e. The Morgan fingerprint density at radius 3 is 2.58 bits per heavy atom. The van der Waals surface area contributed by atoms with Gasteiger partial charge in [0.2, 0.25) is 0 Å². The number of nitriles is 2. The van der Waals surface area contributed by atoms with Gasteiger partial charge in [-0.2, -0.15) is 10.5 Å². The second-order valence-corrected chi connectivity index (χ2v) is 4.26. The van der Waals surface area contributed by atoms with E-state index < -0.39 is 0 Å². The molecule has 92 valence electrons. The van der Waals surface area contributed by atoms with Crippen LogP contribution in [0.4, 0.5) is 5.69 Å². The van der Waals surface area contributed by atoms with Crippen LogP contribution in [0.15, 0.2) is 42.5 Å². The Kier molecular flexibility index (Phi) is 3.81. The van der Waals surface area contributed by atoms with Crippen molar-refractivity contribution >= 4 is 5.69 Å². The molecule has 0 aliphatic heterocycles. The zero-order chi connectivity index (χ0) is 13.7. The maximum absolute atomic E-state index is 9.03. The molecule has 0 spiro atoms. The van der Waals surface area contributed by atoms with Crippen molar-refractivity contribution in [3.05, 3.63) is 64.7 Å². The highest BCUT2D eigenvalue weighted by atomic mass is 14.9. The highest BCUT2D eigenvalue weighted by Crippen LogP contribution is 2.18. The van der Waals surface area contributed by atoms with Gasteiger partial charge in [0.1, 0.15) is 0 Å². The minimum absolute atomic E-state index is 0.569. The van der Waals surface area contributed by atoms with Crippen molar-refractivity contribution in [3.63, 3.8) is 0 Å². The van der Waals surface area contributed by atoms with Crippen LogP contribution in [0.3, 0.4) is 0 Å². The number of hydrogen-bond acceptors (Lipinski definition) is 3. The number of nitrogens with one attached hydrogen (secondary N) is 1. The zero-order valence-electron chi connectivity index (χ0n) is 10.6. The van der Waals surface area contributed by atoms with E-state index in [9.17, 15) is 0 Å². The Hall–Kier alpha value is -2.78. The van der Waals surface area contributed by atoms with E-state index in [0.29, 0.717) is 17.7 Å². The van der Waals surface area contributed by atoms with E-state index in [1.807, 2.05) is 37.3 Å². The number of rotatable bonds is 3. The van der Waals surface area contributed by atoms with E-state index in [1.54, 1.807) is 12.1 Å². The van der Waals surface area contributed by atoms with Crippen LogP contribution in [0, 0.1) is 29.6 Å². The fraction of sp³-hybridized carbons (Fsp3) is 0.125. The molecule has 0 radical (unpaired) electrons. The summed E-state index contributed by atoms with van der Waals surface area (Å²) in [5, 5.41) is 21.2. The second-order valence-electron chi connectivity index (χ2n) is 4.26. The normalized spacial score (nSPS) is 9.42. The van der Waals surface area contributed by atoms with Gasteiger partial charge >= 0.3 is 0 Å². The van der Waals surface area contributed by atoms with Crippen LogP contribution >= 0.6 is 0 Å². The highest BCUT2D eigenvalue weighted by molar-refractivity contribution is 5.55. The van der Waals surface area contributed by atoms with E-state index in [2.05, 4.69) is 17.5 Å². The molecule has 0 fully saturated rings. The molecule has 0 bridgehead atoms. The fourth-order valence-electron chi connectivity index (χ4n) is 1.86. The van der Waals surface area contributed by atoms with Crippen LogP contribution in [0.5, 0.6) is 0 Å². The van der Waals surface area contributed by atoms with E-state index in [-0.39, 0.29) is 0 Å². The Balaban J connectivity index is 2.20. The number of hydrogen-bond donors (Lipinski definition) is 1. The van der Waals surface area contributed by atoms with Gasteiger partial charge in [0.25, 0.3) is 0 Å². The molecule has 19 heavy (non-hydrogen) atoms. The summed E-state index contributed by atoms with van der Waals surface area (Å²) in [6.45, 7) is 2.55. The van der Waals surface area contributed by atoms with Crippen molar-refractivity contribution in [2.75, 3.05) is 5.32 Å². The number of benzene rings is 2. The Bertz CT molecular complexity index is 675. The van der Waals surface area contributed by atoms with Gasteiger partial charge in [-0.1, -0.05) is 24.3 Å². The number of anilines is 1. The summed E-state index contributed by atoms with van der Waals surface area (Å²) in [5.41, 5.74) is 4.25. The van der Waals surface area contributed by atoms with Crippen LogP contribution in [-0.4, -0.2) is 0 Å². The molecule has 0 saturated carbocycles. The van der Waals surface area contributed by atoms with Gasteiger partial charge in [0.15, 0.2) is 0 Å². The highest BCUT2D eigenvalue weighted by Gasteiger charge is 2.03. The molecule has 0 aromatic heterocycles. The van der Waals surface area contributed by atoms with Gasteiger partial charge < -0.3 is 5.32 Å². The predicted molar refractivity (Wildman–Crippen MR) is 74.4 cm³/mol. The third-order valence-electron chi connectivity index (χ3n) is 2.97. The molecular formula is C16H13N3. The molecule has 1 N–H and O–H groups in total. The SMILES string of the molecule is Cc1ccc(C#N)cc1NCc1ccccc1C#N. The van der Waals surface area contributed by atoms with Crippen LogP contribution < -0.4 is 5.32 Å². The van der Waals surface area contributed by atoms with Crippen molar-refractivity contribution in [1.82, 2.24) is 0 Å². The summed E-state index contributed by atoms with van der Waals surface area (Å²) in [4.78, 5) is 0. The lowest BCUT2D eigenvalue weighted by atomic mass is 10.1. The molecule has 0 aliphatic carbocycles. The summed E-state index contributed by atoms with van der Waals surface area (Å²) in [6.07, 6.45) is 0. The first-order chi connectivity index (χ1) is 9.24. The van der Waals surface area contributed by atoms with Crippen LogP contribution in [-0.2, 0) is 6.54 Å². The molecule has 3 heteroatoms. The van der Waals surface area contributed by atoms with Gasteiger partial charge in [-0.25, -0.2) is 0 Å². The third-order valence-corrected chi connectivity index (χ3v) is 2.97. The van der Waals surface area contributed by atoms with Crippen molar-refractivity contribution in [3.8, 4) is 12.1 Å². The molecule has 0 saturated heterocycles. The Labute approximate surface area is 112 Å². The van der Waals surface area contributed by atoms with Gasteiger partial charge in [0.05, 0.1) is 23.3 Å². The lowest BCUT2D eigenvalue weighted by molar-refractivity contribution is 1.13. The molecule has 2 rings (SSSR count). The predicted octanol–water partition coefficient (Wildman–Crippen LogP) is 3.35. The summed E-state index contributed by atoms with van der Waals surface area (Å²) >= 11 is 0. The largest absolute Gasteiger partial charge is 0.381 e. The minimum atomic E-state index is 0.569. The molecule has 3 nitrogen and oxygen atoms in total. The van der Waals surface area contributed by atoms with Crippen LogP contribution in [0.25, 0.3) is 0 Å². The average molecular weight is 247 g/mol. The first-order valence-corrected chi connectivity index (χ1v) is 5.97. The number of nitrogens with zero attached hydrogens (tertiary/aromatic N) is 2. The van der Waals surface area contributed by atoms with Crippen LogP contribution in [0.1, 0.15) is 22.3 Å². The lowest BCUT2D eigenvalue weighted by Gasteiger charge is -2.10. The molecule has 0 unspecified atom stereocenters. The van der Waals surface area contributed by atoms with E-state index in [1.165, 1.54) is 0 Å². The zero-order valence-corrected chi connectivity index (χ0v) is 10.6. The molecule has 0 atom stereocenters. The van der Waals surface area contributed by atoms with E-state index in [4.69, 9.17) is 10.5 Å². The van der Waals surface area contributed by atoms with Gasteiger partial charge in [0, 0.05) is 12.2 Å². The summed E-state index contributed by atoms with van der Waals surface area (Å²) < 4.78 is 0. The lowest BCUT2D eigenvalue weighted by Crippen LogP contribution is -2.03. The molecule has 2 aromatic carbocycles. The standard InChI is InChI=1S/C16H13N3/c1-12-6-7-13(9-17)8-16(12)19-11-15-5-3-2-4-14(15)10-18/h2-8,19H,11H2,1H3. The van der Waals surface area contributed by atoms with Gasteiger partial charge in [-0.15, -0.1) is 0 Å². The van der Waals surface area contributed by atoms with E-state index >= 15 is 0 Å². The monoisotopic (exact) mass is 247 g/mol. The van der Waals surface area contributed by atoms with Crippen molar-refractivity contribution < 1.29 is 0 Å². The maximum atomic E-state index is 9.03. The quantitative estimate of drug-likeness (QED) is 0.904. The maximum Gasteiger partial charge on any atom is 0.0995 e. The smallest absolute Gasteiger partial charge is 0.0995 e. The van der Waals surface area contributed by atoms with E-state index in [0.717, 1.165) is 16.8 Å². The molecule has 0 heterocycles. The Morgan fingerprint density at radius 1 is 1.05 bits per heavy atom. The first kappa shape index (κ1) is 12.7. The topological polar surface area (TPSA) is 59.6 Å². The molecule has 0 amide bonds. The molecular weight excluding hydrogens is 234 g/mol. The second kappa shape index (κ2) is 5.71. The number of aryl methyl sites for hydroxylation is 1. The summed E-state index contributed by atoms with van der Waals surface area (Å²) in [5.74, 6) is 0. The van der Waals surface area contributed by atoms with Crippen molar-refractivity contribution in [2.24, 2.45) is 0 Å². The van der Waals surface area contributed by atoms with Crippen LogP contribution in [0.2, 0.25) is 0 Å². The first-order valence-electron chi connectivity index (χ1n) is 5.97. The van der Waals surface area contributed by atoms with Gasteiger partial charge in [-0.3, -0.25) is 0 Å². The van der Waals surface area contributed by atoms with Gasteiger partial charge in [-0.05, 0) is 36.2 Å².